The molecular formula is C23H28N6O2. The number of anilines is 1. The van der Waals surface area contributed by atoms with E-state index in [-0.39, 0.29) is 0 Å². The van der Waals surface area contributed by atoms with Crippen molar-refractivity contribution in [3.8, 4) is 11.5 Å². The van der Waals surface area contributed by atoms with E-state index in [1.54, 1.807) is 14.2 Å². The number of benzene rings is 1. The van der Waals surface area contributed by atoms with Crippen LogP contribution in [0.25, 0.3) is 0 Å². The van der Waals surface area contributed by atoms with Crippen LogP contribution in [0.3, 0.4) is 0 Å². The van der Waals surface area contributed by atoms with Gasteiger partial charge in [-0.15, -0.1) is 0 Å². The van der Waals surface area contributed by atoms with Gasteiger partial charge in [0.05, 0.1) is 33.9 Å². The topological polar surface area (TPSA) is 104 Å². The molecule has 8 nitrogen and oxygen atoms in total. The summed E-state index contributed by atoms with van der Waals surface area (Å²) in [5, 5.41) is 6.59. The number of methoxy groups -OCH3 is 2. The van der Waals surface area contributed by atoms with Gasteiger partial charge >= 0.3 is 0 Å². The van der Waals surface area contributed by atoms with Crippen LogP contribution in [0.5, 0.6) is 11.5 Å². The molecule has 8 heteroatoms. The third-order valence-electron chi connectivity index (χ3n) is 5.60. The second-order valence-electron chi connectivity index (χ2n) is 7.78. The molecule has 0 unspecified atom stereocenters. The minimum atomic E-state index is 0.514. The molecular weight excluding hydrogens is 392 g/mol. The average Bonchev–Trinajstić information content (AvgIpc) is 3.14. The van der Waals surface area contributed by atoms with Crippen molar-refractivity contribution in [2.45, 2.75) is 33.5 Å². The molecule has 0 atom stereocenters. The largest absolute Gasteiger partial charge is 0.497 e. The van der Waals surface area contributed by atoms with Crippen LogP contribution in [0, 0.1) is 13.8 Å². The molecule has 0 aliphatic carbocycles. The summed E-state index contributed by atoms with van der Waals surface area (Å²) in [6, 6.07) is 7.73. The van der Waals surface area contributed by atoms with Crippen molar-refractivity contribution in [1.29, 1.82) is 0 Å². The quantitative estimate of drug-likeness (QED) is 0.636. The van der Waals surface area contributed by atoms with E-state index in [9.17, 15) is 0 Å². The van der Waals surface area contributed by atoms with Gasteiger partial charge in [0.15, 0.2) is 5.84 Å². The highest BCUT2D eigenvalue weighted by Gasteiger charge is 2.21. The van der Waals surface area contributed by atoms with Crippen LogP contribution >= 0.6 is 0 Å². The number of hydrogen-bond donors (Lipinski definition) is 2. The van der Waals surface area contributed by atoms with E-state index < -0.39 is 0 Å². The number of aromatic nitrogens is 2. The van der Waals surface area contributed by atoms with Crippen LogP contribution in [0.4, 0.5) is 5.82 Å². The summed E-state index contributed by atoms with van der Waals surface area (Å²) in [6.45, 7) is 5.98. The summed E-state index contributed by atoms with van der Waals surface area (Å²) in [5.41, 5.74) is 18.5. The minimum absolute atomic E-state index is 0.514. The number of ether oxygens (including phenoxy) is 2. The molecule has 1 aromatic carbocycles. The zero-order valence-electron chi connectivity index (χ0n) is 18.3. The van der Waals surface area contributed by atoms with Crippen molar-refractivity contribution in [1.82, 2.24) is 14.6 Å². The number of hydrogen-bond acceptors (Lipinski definition) is 7. The van der Waals surface area contributed by atoms with Crippen molar-refractivity contribution < 1.29 is 9.47 Å². The first-order chi connectivity index (χ1) is 14.9. The molecule has 0 radical (unpaired) electrons. The maximum absolute atomic E-state index is 6.31. The maximum atomic E-state index is 6.31. The van der Waals surface area contributed by atoms with Gasteiger partial charge in [-0.1, -0.05) is 0 Å². The van der Waals surface area contributed by atoms with Crippen LogP contribution in [0.15, 0.2) is 41.8 Å². The fraction of sp³-hybridized carbons (Fsp3) is 0.304. The Morgan fingerprint density at radius 3 is 2.55 bits per heavy atom. The predicted molar refractivity (Wildman–Crippen MR) is 121 cm³/mol. The highest BCUT2D eigenvalue weighted by Crippen LogP contribution is 2.27. The van der Waals surface area contributed by atoms with E-state index in [1.165, 1.54) is 0 Å². The lowest BCUT2D eigenvalue weighted by Gasteiger charge is -2.25. The van der Waals surface area contributed by atoms with Crippen LogP contribution in [-0.2, 0) is 19.6 Å². The Hall–Kier alpha value is -3.68. The molecule has 31 heavy (non-hydrogen) atoms. The molecule has 3 heterocycles. The van der Waals surface area contributed by atoms with E-state index in [0.29, 0.717) is 31.3 Å². The van der Waals surface area contributed by atoms with Gasteiger partial charge < -0.3 is 25.5 Å². The fourth-order valence-electron chi connectivity index (χ4n) is 4.02. The number of aryl methyl sites for hydroxylation is 2. The standard InChI is InChI=1S/C23H28N6O2/c1-14-7-22(24)26-15(2)19(14)13-29-11-17-10-28(12-20(17)23(25)27-29)9-16-5-6-18(30-3)8-21(16)31-4/h5-8,10,12H,9,11,13H2,1-4H3,(H2,24,26)(H2,25,27). The second kappa shape index (κ2) is 8.22. The van der Waals surface area contributed by atoms with Crippen molar-refractivity contribution in [3.05, 3.63) is 70.2 Å². The number of nitrogens with zero attached hydrogens (tertiary/aromatic N) is 4. The zero-order chi connectivity index (χ0) is 22.1. The molecule has 1 aliphatic rings. The predicted octanol–water partition coefficient (Wildman–Crippen LogP) is 2.78. The molecule has 0 amide bonds. The number of hydrazone groups is 1. The Bertz CT molecular complexity index is 1130. The van der Waals surface area contributed by atoms with Crippen LogP contribution < -0.4 is 20.9 Å². The van der Waals surface area contributed by atoms with E-state index in [2.05, 4.69) is 20.8 Å². The number of fused-ring (bicyclic) bond motifs is 1. The Balaban J connectivity index is 1.55. The first-order valence-corrected chi connectivity index (χ1v) is 10.1. The molecule has 0 spiro atoms. The number of amidine groups is 1. The van der Waals surface area contributed by atoms with Crippen molar-refractivity contribution in [2.75, 3.05) is 20.0 Å². The highest BCUT2D eigenvalue weighted by molar-refractivity contribution is 5.99. The summed E-state index contributed by atoms with van der Waals surface area (Å²) >= 11 is 0. The lowest BCUT2D eigenvalue weighted by molar-refractivity contribution is 0.264. The van der Waals surface area contributed by atoms with Gasteiger partial charge in [-0.25, -0.2) is 4.98 Å². The van der Waals surface area contributed by atoms with Crippen molar-refractivity contribution in [3.63, 3.8) is 0 Å². The smallest absolute Gasteiger partial charge is 0.152 e. The second-order valence-corrected chi connectivity index (χ2v) is 7.78. The Morgan fingerprint density at radius 2 is 1.84 bits per heavy atom. The van der Waals surface area contributed by atoms with Gasteiger partial charge in [0.1, 0.15) is 17.3 Å². The molecule has 0 bridgehead atoms. The van der Waals surface area contributed by atoms with Crippen molar-refractivity contribution >= 4 is 11.7 Å². The molecule has 4 N–H and O–H groups in total. The van der Waals surface area contributed by atoms with Gasteiger partial charge in [0.2, 0.25) is 0 Å². The fourth-order valence-corrected chi connectivity index (χ4v) is 4.02. The van der Waals surface area contributed by atoms with Gasteiger partial charge in [0.25, 0.3) is 0 Å². The first kappa shape index (κ1) is 20.6. The third-order valence-corrected chi connectivity index (χ3v) is 5.60. The number of rotatable bonds is 6. The summed E-state index contributed by atoms with van der Waals surface area (Å²) in [5.74, 6) is 2.60. The van der Waals surface area contributed by atoms with Gasteiger partial charge in [-0.3, -0.25) is 5.01 Å². The Morgan fingerprint density at radius 1 is 1.03 bits per heavy atom. The number of nitrogens with two attached hydrogens (primary N) is 2. The molecule has 1 aliphatic heterocycles. The summed E-state index contributed by atoms with van der Waals surface area (Å²) < 4.78 is 12.9. The van der Waals surface area contributed by atoms with E-state index in [4.69, 9.17) is 20.9 Å². The number of pyridine rings is 1. The summed E-state index contributed by atoms with van der Waals surface area (Å²) in [4.78, 5) is 4.39. The third kappa shape index (κ3) is 4.14. The van der Waals surface area contributed by atoms with Crippen LogP contribution in [0.2, 0.25) is 0 Å². The average molecular weight is 421 g/mol. The van der Waals surface area contributed by atoms with E-state index in [0.717, 1.165) is 45.0 Å². The molecule has 162 valence electrons. The SMILES string of the molecule is COc1ccc(Cn2cc3c(c2)C(N)=NN(Cc2c(C)cc(N)nc2C)C3)c(OC)c1. The molecule has 4 rings (SSSR count). The van der Waals surface area contributed by atoms with Crippen molar-refractivity contribution in [2.24, 2.45) is 10.8 Å². The summed E-state index contributed by atoms with van der Waals surface area (Å²) in [6.07, 6.45) is 4.16. The normalized spacial score (nSPS) is 13.0. The van der Waals surface area contributed by atoms with Gasteiger partial charge in [-0.2, -0.15) is 5.10 Å². The number of nitrogen functional groups attached to an aromatic ring is 1. The first-order valence-electron chi connectivity index (χ1n) is 10.1. The molecule has 0 saturated carbocycles. The summed E-state index contributed by atoms with van der Waals surface area (Å²) in [7, 11) is 3.31. The molecule has 0 saturated heterocycles. The highest BCUT2D eigenvalue weighted by atomic mass is 16.5. The lowest BCUT2D eigenvalue weighted by Crippen LogP contribution is -2.29. The molecule has 0 fully saturated rings. The molecule has 3 aromatic rings. The minimum Gasteiger partial charge on any atom is -0.497 e. The van der Waals surface area contributed by atoms with E-state index >= 15 is 0 Å². The Kier molecular flexibility index (Phi) is 5.46. The Labute approximate surface area is 182 Å². The van der Waals surface area contributed by atoms with Crippen LogP contribution in [-0.4, -0.2) is 34.6 Å². The van der Waals surface area contributed by atoms with Gasteiger partial charge in [0, 0.05) is 40.8 Å². The molecule has 2 aromatic heterocycles. The van der Waals surface area contributed by atoms with E-state index in [1.807, 2.05) is 49.3 Å². The lowest BCUT2D eigenvalue weighted by atomic mass is 10.1. The monoisotopic (exact) mass is 420 g/mol. The van der Waals surface area contributed by atoms with Gasteiger partial charge in [-0.05, 0) is 43.2 Å². The zero-order valence-corrected chi connectivity index (χ0v) is 18.3. The van der Waals surface area contributed by atoms with Crippen LogP contribution in [0.1, 0.15) is 33.5 Å². The maximum Gasteiger partial charge on any atom is 0.152 e.